The molecule has 1 atom stereocenters. The number of piperidine rings is 1. The van der Waals surface area contributed by atoms with Crippen LogP contribution in [0.3, 0.4) is 0 Å². The number of nitrogens with two attached hydrogens (primary N) is 1. The lowest BCUT2D eigenvalue weighted by molar-refractivity contribution is -0.136. The fraction of sp³-hybridized carbons (Fsp3) is 0.933. The fourth-order valence-electron chi connectivity index (χ4n) is 3.81. The Bertz CT molecular complexity index is 346. The van der Waals surface area contributed by atoms with Crippen molar-refractivity contribution >= 4 is 30.7 Å². The van der Waals surface area contributed by atoms with Crippen molar-refractivity contribution < 1.29 is 9.53 Å². The highest BCUT2D eigenvalue weighted by Crippen LogP contribution is 2.25. The van der Waals surface area contributed by atoms with Gasteiger partial charge in [-0.25, -0.2) is 0 Å². The van der Waals surface area contributed by atoms with E-state index in [1.807, 2.05) is 4.90 Å². The van der Waals surface area contributed by atoms with Crippen LogP contribution in [0.1, 0.15) is 32.1 Å². The van der Waals surface area contributed by atoms with E-state index in [0.717, 1.165) is 71.5 Å². The van der Waals surface area contributed by atoms with Gasteiger partial charge in [0.05, 0.1) is 0 Å². The summed E-state index contributed by atoms with van der Waals surface area (Å²) in [6.07, 6.45) is 5.30. The van der Waals surface area contributed by atoms with Crippen molar-refractivity contribution in [3.63, 3.8) is 0 Å². The smallest absolute Gasteiger partial charge is 0.225 e. The first-order valence-electron chi connectivity index (χ1n) is 8.10. The molecule has 3 rings (SSSR count). The van der Waals surface area contributed by atoms with Crippen molar-refractivity contribution in [2.75, 3.05) is 39.4 Å². The van der Waals surface area contributed by atoms with Gasteiger partial charge in [-0.05, 0) is 45.2 Å². The molecule has 3 saturated heterocycles. The molecular formula is C15H29Cl2N3O2. The van der Waals surface area contributed by atoms with Crippen LogP contribution in [0.15, 0.2) is 0 Å². The monoisotopic (exact) mass is 353 g/mol. The van der Waals surface area contributed by atoms with Gasteiger partial charge in [0.1, 0.15) is 0 Å². The molecule has 3 aliphatic rings. The molecule has 0 radical (unpaired) electrons. The van der Waals surface area contributed by atoms with Gasteiger partial charge in [0.2, 0.25) is 5.91 Å². The molecule has 3 fully saturated rings. The van der Waals surface area contributed by atoms with Gasteiger partial charge in [0.25, 0.3) is 0 Å². The van der Waals surface area contributed by atoms with E-state index in [1.54, 1.807) is 0 Å². The van der Waals surface area contributed by atoms with Crippen molar-refractivity contribution in [1.29, 1.82) is 0 Å². The van der Waals surface area contributed by atoms with E-state index in [1.165, 1.54) is 0 Å². The fourth-order valence-corrected chi connectivity index (χ4v) is 3.81. The molecular weight excluding hydrogens is 325 g/mol. The Morgan fingerprint density at radius 1 is 0.955 bits per heavy atom. The number of rotatable bonds is 2. The normalized spacial score (nSPS) is 28.0. The topological polar surface area (TPSA) is 58.8 Å². The molecule has 0 aromatic heterocycles. The number of hydrogen-bond donors (Lipinski definition) is 1. The molecule has 7 heteroatoms. The lowest BCUT2D eigenvalue weighted by atomic mass is 9.93. The van der Waals surface area contributed by atoms with Crippen LogP contribution in [-0.2, 0) is 9.53 Å². The van der Waals surface area contributed by atoms with E-state index >= 15 is 0 Å². The molecule has 1 unspecified atom stereocenters. The Labute approximate surface area is 145 Å². The summed E-state index contributed by atoms with van der Waals surface area (Å²) in [5, 5.41) is 0. The van der Waals surface area contributed by atoms with Crippen LogP contribution in [0.25, 0.3) is 0 Å². The van der Waals surface area contributed by atoms with Gasteiger partial charge >= 0.3 is 0 Å². The third-order valence-electron chi connectivity index (χ3n) is 5.12. The molecule has 3 heterocycles. The standard InChI is InChI=1S/C15H27N3O2.2ClH/c16-13-3-8-18(11-13)15(19)12-1-6-17(7-2-12)14-4-9-20-10-5-14;;/h12-14H,1-11,16H2;2*1H. The average Bonchev–Trinajstić information content (AvgIpc) is 2.94. The van der Waals surface area contributed by atoms with E-state index in [2.05, 4.69) is 4.90 Å². The molecule has 0 aromatic rings. The number of likely N-dealkylation sites (tertiary alicyclic amines) is 2. The minimum Gasteiger partial charge on any atom is -0.381 e. The van der Waals surface area contributed by atoms with Gasteiger partial charge in [-0.1, -0.05) is 0 Å². The first-order valence-corrected chi connectivity index (χ1v) is 8.10. The zero-order valence-electron chi connectivity index (χ0n) is 13.1. The predicted molar refractivity (Wildman–Crippen MR) is 91.8 cm³/mol. The highest BCUT2D eigenvalue weighted by Gasteiger charge is 2.33. The summed E-state index contributed by atoms with van der Waals surface area (Å²) in [7, 11) is 0. The lowest BCUT2D eigenvalue weighted by Crippen LogP contribution is -2.47. The second-order valence-corrected chi connectivity index (χ2v) is 6.49. The Hall–Kier alpha value is -0.0700. The Kier molecular flexibility index (Phi) is 8.43. The largest absolute Gasteiger partial charge is 0.381 e. The van der Waals surface area contributed by atoms with Crippen LogP contribution in [0.4, 0.5) is 0 Å². The first kappa shape index (κ1) is 20.0. The van der Waals surface area contributed by atoms with E-state index < -0.39 is 0 Å². The zero-order valence-corrected chi connectivity index (χ0v) is 14.7. The molecule has 1 amide bonds. The molecule has 5 nitrogen and oxygen atoms in total. The minimum absolute atomic E-state index is 0. The maximum atomic E-state index is 12.5. The van der Waals surface area contributed by atoms with Crippen molar-refractivity contribution in [1.82, 2.24) is 9.80 Å². The summed E-state index contributed by atoms with van der Waals surface area (Å²) in [5.74, 6) is 0.584. The second kappa shape index (κ2) is 9.28. The Balaban J connectivity index is 0.00000121. The summed E-state index contributed by atoms with van der Waals surface area (Å²) in [5.41, 5.74) is 5.90. The van der Waals surface area contributed by atoms with Gasteiger partial charge in [-0.2, -0.15) is 0 Å². The molecule has 0 aromatic carbocycles. The van der Waals surface area contributed by atoms with Gasteiger partial charge in [-0.3, -0.25) is 4.79 Å². The number of halogens is 2. The third kappa shape index (κ3) is 4.71. The highest BCUT2D eigenvalue weighted by molar-refractivity contribution is 5.85. The van der Waals surface area contributed by atoms with Crippen LogP contribution in [0.2, 0.25) is 0 Å². The van der Waals surface area contributed by atoms with E-state index in [9.17, 15) is 4.79 Å². The number of carbonyl (C=O) groups excluding carboxylic acids is 1. The van der Waals surface area contributed by atoms with Crippen LogP contribution in [0, 0.1) is 5.92 Å². The Morgan fingerprint density at radius 3 is 2.14 bits per heavy atom. The summed E-state index contributed by atoms with van der Waals surface area (Å²) in [6.45, 7) is 5.56. The van der Waals surface area contributed by atoms with E-state index in [0.29, 0.717) is 11.9 Å². The Morgan fingerprint density at radius 2 is 1.59 bits per heavy atom. The van der Waals surface area contributed by atoms with E-state index in [-0.39, 0.29) is 36.8 Å². The van der Waals surface area contributed by atoms with Gasteiger partial charge in [-0.15, -0.1) is 24.8 Å². The molecule has 130 valence electrons. The quantitative estimate of drug-likeness (QED) is 0.812. The van der Waals surface area contributed by atoms with Gasteiger partial charge < -0.3 is 20.3 Å². The van der Waals surface area contributed by atoms with Crippen LogP contribution in [0.5, 0.6) is 0 Å². The summed E-state index contributed by atoms with van der Waals surface area (Å²) < 4.78 is 5.43. The molecule has 0 saturated carbocycles. The van der Waals surface area contributed by atoms with Gasteiger partial charge in [0, 0.05) is 44.3 Å². The zero-order chi connectivity index (χ0) is 13.9. The lowest BCUT2D eigenvalue weighted by Gasteiger charge is -2.39. The number of nitrogens with zero attached hydrogens (tertiary/aromatic N) is 2. The molecule has 0 spiro atoms. The molecule has 22 heavy (non-hydrogen) atoms. The van der Waals surface area contributed by atoms with Crippen LogP contribution >= 0.6 is 24.8 Å². The summed E-state index contributed by atoms with van der Waals surface area (Å²) in [4.78, 5) is 17.0. The molecule has 0 bridgehead atoms. The number of carbonyl (C=O) groups is 1. The number of hydrogen-bond acceptors (Lipinski definition) is 4. The highest BCUT2D eigenvalue weighted by atomic mass is 35.5. The van der Waals surface area contributed by atoms with Gasteiger partial charge in [0.15, 0.2) is 0 Å². The predicted octanol–water partition coefficient (Wildman–Crippen LogP) is 1.28. The maximum absolute atomic E-state index is 12.5. The van der Waals surface area contributed by atoms with Crippen molar-refractivity contribution in [2.24, 2.45) is 11.7 Å². The van der Waals surface area contributed by atoms with Crippen LogP contribution < -0.4 is 5.73 Å². The second-order valence-electron chi connectivity index (χ2n) is 6.49. The van der Waals surface area contributed by atoms with Crippen molar-refractivity contribution in [3.8, 4) is 0 Å². The first-order chi connectivity index (χ1) is 9.74. The SMILES string of the molecule is Cl.Cl.NC1CCN(C(=O)C2CCN(C3CCOCC3)CC2)C1. The molecule has 3 aliphatic heterocycles. The summed E-state index contributed by atoms with van der Waals surface area (Å²) >= 11 is 0. The van der Waals surface area contributed by atoms with E-state index in [4.69, 9.17) is 10.5 Å². The van der Waals surface area contributed by atoms with Crippen molar-refractivity contribution in [3.05, 3.63) is 0 Å². The molecule has 0 aliphatic carbocycles. The van der Waals surface area contributed by atoms with Crippen molar-refractivity contribution in [2.45, 2.75) is 44.2 Å². The maximum Gasteiger partial charge on any atom is 0.225 e. The molecule has 2 N–H and O–H groups in total. The average molecular weight is 354 g/mol. The number of ether oxygens (including phenoxy) is 1. The third-order valence-corrected chi connectivity index (χ3v) is 5.12. The van der Waals surface area contributed by atoms with Crippen LogP contribution in [-0.4, -0.2) is 67.2 Å². The summed E-state index contributed by atoms with van der Waals surface area (Å²) in [6, 6.07) is 0.876. The number of amides is 1. The minimum atomic E-state index is 0.